The number of primary amides is 1. The minimum atomic E-state index is -4.97. The van der Waals surface area contributed by atoms with Gasteiger partial charge in [-0.05, 0) is 30.3 Å². The molecule has 2 aromatic carbocycles. The van der Waals surface area contributed by atoms with Crippen molar-refractivity contribution in [3.8, 4) is 5.75 Å². The van der Waals surface area contributed by atoms with Gasteiger partial charge in [0, 0.05) is 16.8 Å². The predicted octanol–water partition coefficient (Wildman–Crippen LogP) is 4.12. The van der Waals surface area contributed by atoms with Crippen molar-refractivity contribution in [1.29, 1.82) is 0 Å². The van der Waals surface area contributed by atoms with Gasteiger partial charge < -0.3 is 21.1 Å². The Labute approximate surface area is 148 Å². The number of ether oxygens (including phenoxy) is 1. The molecule has 0 heterocycles. The van der Waals surface area contributed by atoms with E-state index in [1.807, 2.05) is 0 Å². The normalized spacial score (nSPS) is 11.0. The number of anilines is 2. The second kappa shape index (κ2) is 7.48. The van der Waals surface area contributed by atoms with Gasteiger partial charge in [-0.1, -0.05) is 11.6 Å². The first-order valence-corrected chi connectivity index (χ1v) is 7.15. The molecular formula is C15H10ClF4N3O3. The van der Waals surface area contributed by atoms with Gasteiger partial charge in [-0.15, -0.1) is 13.2 Å². The first-order valence-electron chi connectivity index (χ1n) is 6.77. The van der Waals surface area contributed by atoms with Gasteiger partial charge in [-0.3, -0.25) is 4.79 Å². The Morgan fingerprint density at radius 3 is 2.35 bits per heavy atom. The quantitative estimate of drug-likeness (QED) is 0.684. The highest BCUT2D eigenvalue weighted by molar-refractivity contribution is 6.31. The number of hydrogen-bond acceptors (Lipinski definition) is 3. The number of nitrogens with one attached hydrogen (secondary N) is 2. The maximum Gasteiger partial charge on any atom is 0.573 e. The molecular weight excluding hydrogens is 382 g/mol. The first-order chi connectivity index (χ1) is 12.0. The topological polar surface area (TPSA) is 93.5 Å². The lowest BCUT2D eigenvalue weighted by Crippen LogP contribution is -2.23. The van der Waals surface area contributed by atoms with E-state index in [4.69, 9.17) is 17.3 Å². The summed E-state index contributed by atoms with van der Waals surface area (Å²) in [5.74, 6) is -2.38. The zero-order chi connectivity index (χ0) is 19.5. The summed E-state index contributed by atoms with van der Waals surface area (Å²) in [6, 6.07) is 4.82. The number of urea groups is 1. The fraction of sp³-hybridized carbons (Fsp3) is 0.0667. The van der Waals surface area contributed by atoms with E-state index in [0.29, 0.717) is 0 Å². The van der Waals surface area contributed by atoms with Crippen molar-refractivity contribution in [1.82, 2.24) is 0 Å². The lowest BCUT2D eigenvalue weighted by molar-refractivity contribution is -0.274. The van der Waals surface area contributed by atoms with Crippen LogP contribution in [0.25, 0.3) is 0 Å². The molecule has 0 aliphatic rings. The van der Waals surface area contributed by atoms with Crippen LogP contribution in [0.2, 0.25) is 5.02 Å². The molecule has 0 atom stereocenters. The highest BCUT2D eigenvalue weighted by Gasteiger charge is 2.31. The van der Waals surface area contributed by atoms with Gasteiger partial charge in [-0.25, -0.2) is 9.18 Å². The van der Waals surface area contributed by atoms with Crippen molar-refractivity contribution in [2.45, 2.75) is 6.36 Å². The van der Waals surface area contributed by atoms with E-state index in [2.05, 4.69) is 15.4 Å². The minimum absolute atomic E-state index is 0.0127. The second-order valence-electron chi connectivity index (χ2n) is 4.86. The van der Waals surface area contributed by atoms with Gasteiger partial charge in [0.05, 0.1) is 11.3 Å². The number of rotatable bonds is 4. The summed E-state index contributed by atoms with van der Waals surface area (Å²) in [5, 5.41) is 4.37. The highest BCUT2D eigenvalue weighted by Crippen LogP contribution is 2.28. The minimum Gasteiger partial charge on any atom is -0.406 e. The average molecular weight is 392 g/mol. The molecule has 26 heavy (non-hydrogen) atoms. The third kappa shape index (κ3) is 5.52. The average Bonchev–Trinajstić information content (AvgIpc) is 2.43. The molecule has 0 saturated carbocycles. The van der Waals surface area contributed by atoms with E-state index in [1.54, 1.807) is 0 Å². The maximum atomic E-state index is 13.2. The number of carbonyl (C=O) groups is 2. The Hall–Kier alpha value is -3.01. The standard InChI is InChI=1S/C15H10ClF4N3O3/c16-7-3-8(17)5-9(4-7)22-14(25)23-12-6-10(26-15(18,19)20)1-2-11(12)13(21)24/h1-6H,(H2,21,24)(H2,22,23,25). The Balaban J connectivity index is 2.23. The summed E-state index contributed by atoms with van der Waals surface area (Å²) in [4.78, 5) is 23.3. The summed E-state index contributed by atoms with van der Waals surface area (Å²) in [5.41, 5.74) is 4.51. The summed E-state index contributed by atoms with van der Waals surface area (Å²) in [6.07, 6.45) is -4.97. The van der Waals surface area contributed by atoms with Crippen LogP contribution < -0.4 is 21.1 Å². The van der Waals surface area contributed by atoms with Crippen LogP contribution in [0.3, 0.4) is 0 Å². The Kier molecular flexibility index (Phi) is 5.56. The predicted molar refractivity (Wildman–Crippen MR) is 85.7 cm³/mol. The molecule has 6 nitrogen and oxygen atoms in total. The molecule has 0 saturated heterocycles. The highest BCUT2D eigenvalue weighted by atomic mass is 35.5. The van der Waals surface area contributed by atoms with E-state index in [1.165, 1.54) is 6.07 Å². The molecule has 0 aromatic heterocycles. The molecule has 11 heteroatoms. The molecule has 0 spiro atoms. The van der Waals surface area contributed by atoms with E-state index in [-0.39, 0.29) is 22.0 Å². The molecule has 0 aliphatic heterocycles. The van der Waals surface area contributed by atoms with Gasteiger partial charge in [0.2, 0.25) is 0 Å². The van der Waals surface area contributed by atoms with Gasteiger partial charge >= 0.3 is 12.4 Å². The first kappa shape index (κ1) is 19.3. The molecule has 0 unspecified atom stereocenters. The van der Waals surface area contributed by atoms with Gasteiger partial charge in [0.1, 0.15) is 11.6 Å². The van der Waals surface area contributed by atoms with Crippen molar-refractivity contribution in [2.75, 3.05) is 10.6 Å². The fourth-order valence-corrected chi connectivity index (χ4v) is 2.17. The van der Waals surface area contributed by atoms with Crippen LogP contribution in [0, 0.1) is 5.82 Å². The van der Waals surface area contributed by atoms with Gasteiger partial charge in [-0.2, -0.15) is 0 Å². The number of hydrogen-bond donors (Lipinski definition) is 3. The number of alkyl halides is 3. The van der Waals surface area contributed by atoms with E-state index >= 15 is 0 Å². The number of amides is 3. The molecule has 138 valence electrons. The molecule has 0 aliphatic carbocycles. The number of benzene rings is 2. The maximum absolute atomic E-state index is 13.2. The molecule has 0 bridgehead atoms. The number of carbonyl (C=O) groups excluding carboxylic acids is 2. The van der Waals surface area contributed by atoms with Crippen LogP contribution in [-0.2, 0) is 0 Å². The van der Waals surface area contributed by atoms with Crippen LogP contribution in [0.5, 0.6) is 5.75 Å². The third-order valence-electron chi connectivity index (χ3n) is 2.86. The molecule has 4 N–H and O–H groups in total. The van der Waals surface area contributed by atoms with Crippen molar-refractivity contribution < 1.29 is 31.9 Å². The molecule has 2 rings (SSSR count). The Bertz CT molecular complexity index is 838. The zero-order valence-electron chi connectivity index (χ0n) is 12.7. The molecule has 3 amide bonds. The Morgan fingerprint density at radius 2 is 1.77 bits per heavy atom. The second-order valence-corrected chi connectivity index (χ2v) is 5.29. The van der Waals surface area contributed by atoms with Crippen LogP contribution in [0.1, 0.15) is 10.4 Å². The van der Waals surface area contributed by atoms with Crippen LogP contribution >= 0.6 is 11.6 Å². The Morgan fingerprint density at radius 1 is 1.08 bits per heavy atom. The number of halogens is 5. The van der Waals surface area contributed by atoms with Crippen molar-refractivity contribution in [3.63, 3.8) is 0 Å². The number of nitrogens with two attached hydrogens (primary N) is 1. The SMILES string of the molecule is NC(=O)c1ccc(OC(F)(F)F)cc1NC(=O)Nc1cc(F)cc(Cl)c1. The van der Waals surface area contributed by atoms with E-state index < -0.39 is 29.9 Å². The smallest absolute Gasteiger partial charge is 0.406 e. The third-order valence-corrected chi connectivity index (χ3v) is 3.08. The summed E-state index contributed by atoms with van der Waals surface area (Å²) >= 11 is 5.65. The van der Waals surface area contributed by atoms with Crippen molar-refractivity contribution in [3.05, 3.63) is 52.8 Å². The van der Waals surface area contributed by atoms with Crippen LogP contribution in [0.15, 0.2) is 36.4 Å². The molecule has 0 radical (unpaired) electrons. The van der Waals surface area contributed by atoms with Gasteiger partial charge in [0.25, 0.3) is 5.91 Å². The molecule has 2 aromatic rings. The lowest BCUT2D eigenvalue weighted by Gasteiger charge is -2.14. The van der Waals surface area contributed by atoms with Gasteiger partial charge in [0.15, 0.2) is 0 Å². The van der Waals surface area contributed by atoms with Crippen molar-refractivity contribution in [2.24, 2.45) is 5.73 Å². The fourth-order valence-electron chi connectivity index (χ4n) is 1.95. The summed E-state index contributed by atoms with van der Waals surface area (Å²) in [6.45, 7) is 0. The molecule has 0 fully saturated rings. The van der Waals surface area contributed by atoms with Crippen LogP contribution in [0.4, 0.5) is 33.7 Å². The van der Waals surface area contributed by atoms with Crippen LogP contribution in [-0.4, -0.2) is 18.3 Å². The lowest BCUT2D eigenvalue weighted by atomic mass is 10.1. The zero-order valence-corrected chi connectivity index (χ0v) is 13.4. The summed E-state index contributed by atoms with van der Waals surface area (Å²) < 4.78 is 53.9. The largest absolute Gasteiger partial charge is 0.573 e. The van der Waals surface area contributed by atoms with E-state index in [0.717, 1.165) is 30.3 Å². The summed E-state index contributed by atoms with van der Waals surface area (Å²) in [7, 11) is 0. The van der Waals surface area contributed by atoms with E-state index in [9.17, 15) is 27.2 Å². The van der Waals surface area contributed by atoms with Crippen molar-refractivity contribution >= 4 is 34.9 Å². The monoisotopic (exact) mass is 391 g/mol.